The number of benzene rings is 8. The van der Waals surface area contributed by atoms with Crippen molar-refractivity contribution in [2.45, 2.75) is 0 Å². The van der Waals surface area contributed by atoms with E-state index in [-0.39, 0.29) is 0 Å². The van der Waals surface area contributed by atoms with Crippen molar-refractivity contribution in [1.82, 2.24) is 0 Å². The van der Waals surface area contributed by atoms with Crippen LogP contribution < -0.4 is 0 Å². The Bertz CT molecular complexity index is 2740. The summed E-state index contributed by atoms with van der Waals surface area (Å²) in [6, 6.07) is 58.3. The number of hydrogen-bond acceptors (Lipinski definition) is 2. The number of thiophene rings is 2. The third-order valence-electron chi connectivity index (χ3n) is 9.44. The van der Waals surface area contributed by atoms with Gasteiger partial charge in [-0.1, -0.05) is 133 Å². The molecule has 0 aliphatic carbocycles. The molecule has 2 heterocycles. The zero-order valence-corrected chi connectivity index (χ0v) is 26.5. The Morgan fingerprint density at radius 1 is 0.326 bits per heavy atom. The first-order valence-electron chi connectivity index (χ1n) is 15.7. The molecular weight excluding hydrogens is 593 g/mol. The van der Waals surface area contributed by atoms with E-state index in [1.54, 1.807) is 0 Å². The van der Waals surface area contributed by atoms with Gasteiger partial charge in [0.2, 0.25) is 0 Å². The Labute approximate surface area is 274 Å². The second-order valence-electron chi connectivity index (χ2n) is 12.0. The molecule has 0 saturated carbocycles. The molecule has 0 radical (unpaired) electrons. The van der Waals surface area contributed by atoms with E-state index in [1.807, 2.05) is 22.7 Å². The largest absolute Gasteiger partial charge is 0.135 e. The van der Waals surface area contributed by atoms with Crippen LogP contribution in [0.5, 0.6) is 0 Å². The maximum Gasteiger partial charge on any atom is 0.0442 e. The predicted octanol–water partition coefficient (Wildman–Crippen LogP) is 13.7. The summed E-state index contributed by atoms with van der Waals surface area (Å²) in [6.45, 7) is 0. The number of rotatable bonds is 3. The average Bonchev–Trinajstić information content (AvgIpc) is 3.73. The molecule has 0 unspecified atom stereocenters. The van der Waals surface area contributed by atoms with Gasteiger partial charge in [0, 0.05) is 40.7 Å². The van der Waals surface area contributed by atoms with Gasteiger partial charge >= 0.3 is 0 Å². The maximum absolute atomic E-state index is 2.49. The SMILES string of the molecule is c1ccc(-c2cc3c(s2)c(-c2c4ccccc4c(-c4ccc5ccccc5c4)c4ccccc24)cc2c4ccccc4sc32)cc1. The molecule has 0 fully saturated rings. The van der Waals surface area contributed by atoms with Crippen molar-refractivity contribution >= 4 is 85.2 Å². The van der Waals surface area contributed by atoms with E-state index in [0.29, 0.717) is 0 Å². The molecule has 8 aromatic carbocycles. The summed E-state index contributed by atoms with van der Waals surface area (Å²) in [5, 5.41) is 11.7. The Hall–Kier alpha value is -5.28. The summed E-state index contributed by atoms with van der Waals surface area (Å²) in [4.78, 5) is 1.31. The van der Waals surface area contributed by atoms with Crippen molar-refractivity contribution in [2.75, 3.05) is 0 Å². The minimum Gasteiger partial charge on any atom is -0.135 e. The smallest absolute Gasteiger partial charge is 0.0442 e. The highest BCUT2D eigenvalue weighted by atomic mass is 32.1. The highest BCUT2D eigenvalue weighted by Gasteiger charge is 2.22. The van der Waals surface area contributed by atoms with Crippen molar-refractivity contribution < 1.29 is 0 Å². The van der Waals surface area contributed by atoms with Gasteiger partial charge in [0.15, 0.2) is 0 Å². The molecule has 2 aromatic heterocycles. The quantitative estimate of drug-likeness (QED) is 0.173. The fraction of sp³-hybridized carbons (Fsp3) is 0. The molecule has 214 valence electrons. The predicted molar refractivity (Wildman–Crippen MR) is 204 cm³/mol. The average molecular weight is 619 g/mol. The molecule has 10 aromatic rings. The van der Waals surface area contributed by atoms with Crippen LogP contribution in [-0.4, -0.2) is 0 Å². The minimum atomic E-state index is 1.25. The van der Waals surface area contributed by atoms with Crippen LogP contribution in [0.3, 0.4) is 0 Å². The van der Waals surface area contributed by atoms with Gasteiger partial charge in [0.1, 0.15) is 0 Å². The second-order valence-corrected chi connectivity index (χ2v) is 14.1. The highest BCUT2D eigenvalue weighted by molar-refractivity contribution is 7.28. The van der Waals surface area contributed by atoms with Gasteiger partial charge in [0.05, 0.1) is 0 Å². The normalized spacial score (nSPS) is 11.9. The van der Waals surface area contributed by atoms with Gasteiger partial charge in [-0.2, -0.15) is 0 Å². The molecule has 0 nitrogen and oxygen atoms in total. The van der Waals surface area contributed by atoms with Crippen LogP contribution in [-0.2, 0) is 0 Å². The molecule has 0 bridgehead atoms. The molecule has 0 N–H and O–H groups in total. The van der Waals surface area contributed by atoms with E-state index < -0.39 is 0 Å². The summed E-state index contributed by atoms with van der Waals surface area (Å²) < 4.78 is 4.07. The molecule has 0 saturated heterocycles. The first-order valence-corrected chi connectivity index (χ1v) is 17.3. The van der Waals surface area contributed by atoms with Crippen LogP contribution in [0.25, 0.3) is 95.3 Å². The van der Waals surface area contributed by atoms with Crippen molar-refractivity contribution in [3.05, 3.63) is 158 Å². The zero-order valence-electron chi connectivity index (χ0n) is 24.8. The van der Waals surface area contributed by atoms with Gasteiger partial charge < -0.3 is 0 Å². The van der Waals surface area contributed by atoms with Gasteiger partial charge in [-0.05, 0) is 78.8 Å². The summed E-state index contributed by atoms with van der Waals surface area (Å²) >= 11 is 3.84. The van der Waals surface area contributed by atoms with Crippen LogP contribution in [0.15, 0.2) is 158 Å². The topological polar surface area (TPSA) is 0 Å². The lowest BCUT2D eigenvalue weighted by Gasteiger charge is -2.18. The van der Waals surface area contributed by atoms with E-state index >= 15 is 0 Å². The Kier molecular flexibility index (Phi) is 5.72. The van der Waals surface area contributed by atoms with E-state index in [1.165, 1.54) is 95.3 Å². The summed E-state index contributed by atoms with van der Waals surface area (Å²) in [7, 11) is 0. The van der Waals surface area contributed by atoms with Crippen LogP contribution in [0.1, 0.15) is 0 Å². The van der Waals surface area contributed by atoms with Crippen LogP contribution in [0.4, 0.5) is 0 Å². The molecule has 0 aliphatic rings. The first-order chi connectivity index (χ1) is 22.8. The molecule has 46 heavy (non-hydrogen) atoms. The lowest BCUT2D eigenvalue weighted by molar-refractivity contribution is 1.69. The number of fused-ring (bicyclic) bond motifs is 8. The van der Waals surface area contributed by atoms with Crippen molar-refractivity contribution in [2.24, 2.45) is 0 Å². The minimum absolute atomic E-state index is 1.25. The number of hydrogen-bond donors (Lipinski definition) is 0. The maximum atomic E-state index is 2.49. The van der Waals surface area contributed by atoms with Gasteiger partial charge in [0.25, 0.3) is 0 Å². The fourth-order valence-electron chi connectivity index (χ4n) is 7.38. The Morgan fingerprint density at radius 2 is 0.935 bits per heavy atom. The molecule has 0 amide bonds. The highest BCUT2D eigenvalue weighted by Crippen LogP contribution is 2.51. The lowest BCUT2D eigenvalue weighted by Crippen LogP contribution is -1.91. The lowest BCUT2D eigenvalue weighted by atomic mass is 9.85. The zero-order chi connectivity index (χ0) is 30.2. The Balaban J connectivity index is 1.37. The molecule has 10 rings (SSSR count). The van der Waals surface area contributed by atoms with Gasteiger partial charge in [-0.25, -0.2) is 0 Å². The van der Waals surface area contributed by atoms with Gasteiger partial charge in [-0.3, -0.25) is 0 Å². The third kappa shape index (κ3) is 3.84. The monoisotopic (exact) mass is 618 g/mol. The molecule has 2 heteroatoms. The second kappa shape index (κ2) is 10.1. The van der Waals surface area contributed by atoms with Gasteiger partial charge in [-0.15, -0.1) is 22.7 Å². The van der Waals surface area contributed by atoms with Crippen LogP contribution in [0, 0.1) is 0 Å². The fourth-order valence-corrected chi connectivity index (χ4v) is 9.84. The van der Waals surface area contributed by atoms with E-state index in [9.17, 15) is 0 Å². The van der Waals surface area contributed by atoms with Crippen molar-refractivity contribution in [1.29, 1.82) is 0 Å². The summed E-state index contributed by atoms with van der Waals surface area (Å²) in [5.41, 5.74) is 6.46. The van der Waals surface area contributed by atoms with E-state index in [0.717, 1.165) is 0 Å². The summed E-state index contributed by atoms with van der Waals surface area (Å²) in [5.74, 6) is 0. The third-order valence-corrected chi connectivity index (χ3v) is 11.9. The van der Waals surface area contributed by atoms with Crippen molar-refractivity contribution in [3.63, 3.8) is 0 Å². The van der Waals surface area contributed by atoms with Crippen molar-refractivity contribution in [3.8, 4) is 32.7 Å². The Morgan fingerprint density at radius 3 is 1.67 bits per heavy atom. The summed E-state index contributed by atoms with van der Waals surface area (Å²) in [6.07, 6.45) is 0. The molecule has 0 aliphatic heterocycles. The van der Waals surface area contributed by atoms with Crippen LogP contribution in [0.2, 0.25) is 0 Å². The molecular formula is C44H26S2. The van der Waals surface area contributed by atoms with Crippen LogP contribution >= 0.6 is 22.7 Å². The standard InChI is InChI=1S/C44H26S2/c1-2-13-28(14-3-1)40-26-38-43-36(31-16-10-11-21-39(31)45-43)25-37(44(38)46-40)42-34-19-8-6-17-32(34)41(33-18-7-9-20-35(33)42)30-23-22-27-12-4-5-15-29(27)24-30/h1-26H. The molecule has 0 atom stereocenters. The van der Waals surface area contributed by atoms with E-state index in [2.05, 4.69) is 158 Å². The van der Waals surface area contributed by atoms with E-state index in [4.69, 9.17) is 0 Å². The molecule has 0 spiro atoms. The first kappa shape index (κ1) is 26.0.